The molecular weight excluding hydrogens is 188 g/mol. The van der Waals surface area contributed by atoms with Crippen molar-refractivity contribution in [3.8, 4) is 0 Å². The number of ether oxygens (including phenoxy) is 1. The standard InChI is InChI=1S/C13H22O2/c1-5-6-7-8-9-10-11-12(14)15-13(2,3)4/h8-11H,5-7H2,1-4H3/b9-8+,11-10+. The molecule has 0 fully saturated rings. The molecule has 0 aliphatic carbocycles. The molecule has 0 aliphatic heterocycles. The molecule has 15 heavy (non-hydrogen) atoms. The molecule has 0 saturated heterocycles. The van der Waals surface area contributed by atoms with Crippen LogP contribution in [-0.4, -0.2) is 11.6 Å². The molecule has 0 unspecified atom stereocenters. The summed E-state index contributed by atoms with van der Waals surface area (Å²) in [5.74, 6) is -0.289. The van der Waals surface area contributed by atoms with E-state index in [4.69, 9.17) is 4.74 Å². The van der Waals surface area contributed by atoms with Gasteiger partial charge in [0, 0.05) is 6.08 Å². The monoisotopic (exact) mass is 210 g/mol. The van der Waals surface area contributed by atoms with E-state index in [9.17, 15) is 4.79 Å². The largest absolute Gasteiger partial charge is 0.457 e. The van der Waals surface area contributed by atoms with E-state index >= 15 is 0 Å². The van der Waals surface area contributed by atoms with Crippen molar-refractivity contribution in [1.82, 2.24) is 0 Å². The number of hydrogen-bond acceptors (Lipinski definition) is 2. The van der Waals surface area contributed by atoms with Gasteiger partial charge >= 0.3 is 5.97 Å². The second-order valence-corrected chi connectivity index (χ2v) is 4.46. The minimum Gasteiger partial charge on any atom is -0.457 e. The van der Waals surface area contributed by atoms with Gasteiger partial charge in [0.2, 0.25) is 0 Å². The van der Waals surface area contributed by atoms with Crippen LogP contribution in [0.1, 0.15) is 47.0 Å². The lowest BCUT2D eigenvalue weighted by atomic mass is 10.2. The smallest absolute Gasteiger partial charge is 0.331 e. The van der Waals surface area contributed by atoms with Crippen LogP contribution in [0.25, 0.3) is 0 Å². The summed E-state index contributed by atoms with van der Waals surface area (Å²) in [6, 6.07) is 0. The molecule has 0 heterocycles. The molecule has 0 atom stereocenters. The highest BCUT2D eigenvalue weighted by atomic mass is 16.6. The van der Waals surface area contributed by atoms with E-state index in [0.717, 1.165) is 6.42 Å². The highest BCUT2D eigenvalue weighted by molar-refractivity contribution is 5.82. The SMILES string of the molecule is CCCC/C=C/C=C/C(=O)OC(C)(C)C. The number of carbonyl (C=O) groups is 1. The van der Waals surface area contributed by atoms with Crippen molar-refractivity contribution in [3.63, 3.8) is 0 Å². The second kappa shape index (κ2) is 7.27. The number of carbonyl (C=O) groups excluding carboxylic acids is 1. The van der Waals surface area contributed by atoms with Crippen molar-refractivity contribution in [2.75, 3.05) is 0 Å². The number of hydrogen-bond donors (Lipinski definition) is 0. The molecule has 0 N–H and O–H groups in total. The Balaban J connectivity index is 3.77. The number of unbranched alkanes of at least 4 members (excludes halogenated alkanes) is 2. The van der Waals surface area contributed by atoms with Gasteiger partial charge in [-0.05, 0) is 27.2 Å². The van der Waals surface area contributed by atoms with Gasteiger partial charge in [0.15, 0.2) is 0 Å². The van der Waals surface area contributed by atoms with Crippen molar-refractivity contribution in [3.05, 3.63) is 24.3 Å². The van der Waals surface area contributed by atoms with Crippen LogP contribution in [0.2, 0.25) is 0 Å². The average molecular weight is 210 g/mol. The third-order valence-corrected chi connectivity index (χ3v) is 1.61. The lowest BCUT2D eigenvalue weighted by Gasteiger charge is -2.17. The molecule has 0 aromatic rings. The maximum Gasteiger partial charge on any atom is 0.331 e. The van der Waals surface area contributed by atoms with Gasteiger partial charge in [0.25, 0.3) is 0 Å². The molecule has 0 bridgehead atoms. The van der Waals surface area contributed by atoms with E-state index in [0.29, 0.717) is 0 Å². The number of allylic oxidation sites excluding steroid dienone is 3. The Labute approximate surface area is 93.0 Å². The van der Waals surface area contributed by atoms with Crippen LogP contribution in [0, 0.1) is 0 Å². The van der Waals surface area contributed by atoms with Crippen LogP contribution in [0.15, 0.2) is 24.3 Å². The molecule has 2 nitrogen and oxygen atoms in total. The summed E-state index contributed by atoms with van der Waals surface area (Å²) in [6.45, 7) is 7.73. The normalized spacial score (nSPS) is 12.5. The van der Waals surface area contributed by atoms with Gasteiger partial charge in [-0.2, -0.15) is 0 Å². The predicted molar refractivity (Wildman–Crippen MR) is 63.7 cm³/mol. The first-order valence-electron chi connectivity index (χ1n) is 5.52. The van der Waals surface area contributed by atoms with Crippen molar-refractivity contribution < 1.29 is 9.53 Å². The molecule has 0 aromatic heterocycles. The van der Waals surface area contributed by atoms with Crippen LogP contribution in [0.3, 0.4) is 0 Å². The molecule has 0 aromatic carbocycles. The van der Waals surface area contributed by atoms with Crippen LogP contribution < -0.4 is 0 Å². The van der Waals surface area contributed by atoms with Gasteiger partial charge in [-0.15, -0.1) is 0 Å². The highest BCUT2D eigenvalue weighted by Gasteiger charge is 2.13. The first-order valence-corrected chi connectivity index (χ1v) is 5.52. The first-order chi connectivity index (χ1) is 6.95. The van der Waals surface area contributed by atoms with Gasteiger partial charge in [0.1, 0.15) is 5.60 Å². The van der Waals surface area contributed by atoms with E-state index in [2.05, 4.69) is 13.0 Å². The fourth-order valence-electron chi connectivity index (χ4n) is 0.967. The van der Waals surface area contributed by atoms with E-state index in [1.165, 1.54) is 18.9 Å². The highest BCUT2D eigenvalue weighted by Crippen LogP contribution is 2.07. The van der Waals surface area contributed by atoms with E-state index in [1.807, 2.05) is 26.8 Å². The molecule has 0 spiro atoms. The quantitative estimate of drug-likeness (QED) is 0.300. The summed E-state index contributed by atoms with van der Waals surface area (Å²) in [7, 11) is 0. The lowest BCUT2D eigenvalue weighted by Crippen LogP contribution is -2.22. The van der Waals surface area contributed by atoms with Crippen molar-refractivity contribution in [1.29, 1.82) is 0 Å². The zero-order valence-corrected chi connectivity index (χ0v) is 10.2. The Morgan fingerprint density at radius 2 is 1.93 bits per heavy atom. The van der Waals surface area contributed by atoms with Gasteiger partial charge in [-0.3, -0.25) is 0 Å². The maximum absolute atomic E-state index is 11.2. The molecular formula is C13H22O2. The van der Waals surface area contributed by atoms with E-state index < -0.39 is 5.60 Å². The fourth-order valence-corrected chi connectivity index (χ4v) is 0.967. The van der Waals surface area contributed by atoms with Crippen molar-refractivity contribution >= 4 is 5.97 Å². The van der Waals surface area contributed by atoms with Crippen molar-refractivity contribution in [2.24, 2.45) is 0 Å². The Kier molecular flexibility index (Phi) is 6.76. The van der Waals surface area contributed by atoms with Crippen LogP contribution >= 0.6 is 0 Å². The summed E-state index contributed by atoms with van der Waals surface area (Å²) in [4.78, 5) is 11.2. The number of rotatable bonds is 5. The van der Waals surface area contributed by atoms with E-state index in [-0.39, 0.29) is 5.97 Å². The third kappa shape index (κ3) is 10.9. The Bertz CT molecular complexity index is 231. The van der Waals surface area contributed by atoms with Gasteiger partial charge < -0.3 is 4.74 Å². The molecule has 86 valence electrons. The zero-order chi connectivity index (χ0) is 11.7. The van der Waals surface area contributed by atoms with Crippen molar-refractivity contribution in [2.45, 2.75) is 52.6 Å². The van der Waals surface area contributed by atoms with Gasteiger partial charge in [-0.25, -0.2) is 4.79 Å². The maximum atomic E-state index is 11.2. The predicted octanol–water partition coefficient (Wildman–Crippen LogP) is 3.63. The molecule has 0 saturated carbocycles. The number of esters is 1. The molecule has 0 radical (unpaired) electrons. The minimum absolute atomic E-state index is 0.289. The summed E-state index contributed by atoms with van der Waals surface area (Å²) >= 11 is 0. The first kappa shape index (κ1) is 13.9. The minimum atomic E-state index is -0.409. The van der Waals surface area contributed by atoms with E-state index in [1.54, 1.807) is 6.08 Å². The van der Waals surface area contributed by atoms with Gasteiger partial charge in [-0.1, -0.05) is 38.0 Å². The topological polar surface area (TPSA) is 26.3 Å². The fraction of sp³-hybridized carbons (Fsp3) is 0.615. The molecule has 0 amide bonds. The Morgan fingerprint density at radius 1 is 1.27 bits per heavy atom. The summed E-state index contributed by atoms with van der Waals surface area (Å²) in [5.41, 5.74) is -0.409. The Morgan fingerprint density at radius 3 is 2.47 bits per heavy atom. The second-order valence-electron chi connectivity index (χ2n) is 4.46. The lowest BCUT2D eigenvalue weighted by molar-refractivity contribution is -0.148. The molecule has 2 heteroatoms. The average Bonchev–Trinajstić information content (AvgIpc) is 2.08. The Hall–Kier alpha value is -1.05. The van der Waals surface area contributed by atoms with Crippen LogP contribution in [-0.2, 0) is 9.53 Å². The third-order valence-electron chi connectivity index (χ3n) is 1.61. The van der Waals surface area contributed by atoms with Crippen LogP contribution in [0.5, 0.6) is 0 Å². The summed E-state index contributed by atoms with van der Waals surface area (Å²) < 4.78 is 5.11. The summed E-state index contributed by atoms with van der Waals surface area (Å²) in [5, 5.41) is 0. The molecule has 0 rings (SSSR count). The summed E-state index contributed by atoms with van der Waals surface area (Å²) in [6.07, 6.45) is 10.6. The zero-order valence-electron chi connectivity index (χ0n) is 10.2. The molecule has 0 aliphatic rings. The van der Waals surface area contributed by atoms with Crippen LogP contribution in [0.4, 0.5) is 0 Å². The van der Waals surface area contributed by atoms with Gasteiger partial charge in [0.05, 0.1) is 0 Å².